The standard InChI is InChI=1S/C15H8ClF5N2O/c16-10-2-1-8(3-7(10)5-22)23-6-9(15(19,20)21)12-11(23)4-14(17,18)13(12)24/h1-3,6,13,24H,4H2. The monoisotopic (exact) mass is 362 g/mol. The van der Waals surface area contributed by atoms with Crippen LogP contribution >= 0.6 is 11.6 Å². The first-order chi connectivity index (χ1) is 11.1. The summed E-state index contributed by atoms with van der Waals surface area (Å²) in [7, 11) is 0. The van der Waals surface area contributed by atoms with E-state index in [4.69, 9.17) is 16.9 Å². The number of benzene rings is 1. The smallest absolute Gasteiger partial charge is 0.382 e. The van der Waals surface area contributed by atoms with Crippen LogP contribution in [0.2, 0.25) is 5.02 Å². The first kappa shape index (κ1) is 16.7. The van der Waals surface area contributed by atoms with Gasteiger partial charge in [-0.2, -0.15) is 18.4 Å². The van der Waals surface area contributed by atoms with Gasteiger partial charge in [0.25, 0.3) is 5.92 Å². The molecule has 0 radical (unpaired) electrons. The fourth-order valence-corrected chi connectivity index (χ4v) is 2.94. The van der Waals surface area contributed by atoms with Gasteiger partial charge in [-0.05, 0) is 18.2 Å². The third-order valence-electron chi connectivity index (χ3n) is 3.88. The van der Waals surface area contributed by atoms with Crippen LogP contribution in [-0.4, -0.2) is 15.6 Å². The highest BCUT2D eigenvalue weighted by Gasteiger charge is 2.53. The van der Waals surface area contributed by atoms with Crippen LogP contribution in [0.3, 0.4) is 0 Å². The summed E-state index contributed by atoms with van der Waals surface area (Å²) in [5.41, 5.74) is -2.43. The van der Waals surface area contributed by atoms with Crippen molar-refractivity contribution in [2.75, 3.05) is 0 Å². The van der Waals surface area contributed by atoms with Crippen molar-refractivity contribution in [3.05, 3.63) is 51.8 Å². The van der Waals surface area contributed by atoms with E-state index in [-0.39, 0.29) is 22.0 Å². The number of aliphatic hydroxyl groups excluding tert-OH is 1. The zero-order chi connectivity index (χ0) is 17.9. The van der Waals surface area contributed by atoms with Gasteiger partial charge >= 0.3 is 6.18 Å². The molecule has 2 aromatic rings. The van der Waals surface area contributed by atoms with E-state index in [2.05, 4.69) is 0 Å². The molecule has 3 nitrogen and oxygen atoms in total. The van der Waals surface area contributed by atoms with Gasteiger partial charge in [-0.25, -0.2) is 8.78 Å². The lowest BCUT2D eigenvalue weighted by Crippen LogP contribution is -2.23. The van der Waals surface area contributed by atoms with E-state index in [0.29, 0.717) is 6.20 Å². The number of fused-ring (bicyclic) bond motifs is 1. The summed E-state index contributed by atoms with van der Waals surface area (Å²) < 4.78 is 67.9. The van der Waals surface area contributed by atoms with Crippen LogP contribution in [0.1, 0.15) is 28.5 Å². The number of aromatic nitrogens is 1. The molecule has 9 heteroatoms. The summed E-state index contributed by atoms with van der Waals surface area (Å²) >= 11 is 5.78. The van der Waals surface area contributed by atoms with Gasteiger partial charge in [0.1, 0.15) is 12.2 Å². The van der Waals surface area contributed by atoms with Gasteiger partial charge in [-0.15, -0.1) is 0 Å². The SMILES string of the molecule is N#Cc1cc(-n2cc(C(F)(F)F)c3c2CC(F)(F)C3O)ccc1Cl. The number of nitriles is 1. The normalized spacial score (nSPS) is 19.2. The van der Waals surface area contributed by atoms with E-state index in [0.717, 1.165) is 4.57 Å². The van der Waals surface area contributed by atoms with Gasteiger partial charge in [0.05, 0.1) is 22.6 Å². The van der Waals surface area contributed by atoms with Gasteiger partial charge < -0.3 is 9.67 Å². The zero-order valence-corrected chi connectivity index (χ0v) is 12.5. The third-order valence-corrected chi connectivity index (χ3v) is 4.21. The largest absolute Gasteiger partial charge is 0.418 e. The second kappa shape index (κ2) is 5.19. The molecular weight excluding hydrogens is 355 g/mol. The third kappa shape index (κ3) is 2.44. The summed E-state index contributed by atoms with van der Waals surface area (Å²) in [6.45, 7) is 0. The number of hydrogen-bond acceptors (Lipinski definition) is 2. The van der Waals surface area contributed by atoms with Crippen LogP contribution in [0.4, 0.5) is 22.0 Å². The van der Waals surface area contributed by atoms with Crippen LogP contribution in [0.25, 0.3) is 5.69 Å². The molecule has 0 saturated carbocycles. The molecular formula is C15H8ClF5N2O. The Hall–Kier alpha value is -2.11. The molecule has 3 rings (SSSR count). The lowest BCUT2D eigenvalue weighted by Gasteiger charge is -2.16. The second-order valence-electron chi connectivity index (χ2n) is 5.39. The Balaban J connectivity index is 2.26. The molecule has 0 amide bonds. The Morgan fingerprint density at radius 2 is 2.00 bits per heavy atom. The Kier molecular flexibility index (Phi) is 3.62. The molecule has 0 saturated heterocycles. The van der Waals surface area contributed by atoms with Gasteiger partial charge in [0, 0.05) is 23.1 Å². The summed E-state index contributed by atoms with van der Waals surface area (Å²) in [6, 6.07) is 5.57. The van der Waals surface area contributed by atoms with E-state index in [9.17, 15) is 27.1 Å². The number of rotatable bonds is 1. The van der Waals surface area contributed by atoms with E-state index < -0.39 is 35.8 Å². The van der Waals surface area contributed by atoms with Crippen LogP contribution in [-0.2, 0) is 12.6 Å². The molecule has 1 aliphatic rings. The molecule has 0 spiro atoms. The number of nitrogens with zero attached hydrogens (tertiary/aromatic N) is 2. The Bertz CT molecular complexity index is 866. The van der Waals surface area contributed by atoms with Gasteiger partial charge in [-0.1, -0.05) is 11.6 Å². The number of hydrogen-bond donors (Lipinski definition) is 1. The van der Waals surface area contributed by atoms with Crippen molar-refractivity contribution in [1.29, 1.82) is 5.26 Å². The summed E-state index contributed by atoms with van der Waals surface area (Å²) in [4.78, 5) is 0. The first-order valence-corrected chi connectivity index (χ1v) is 7.01. The van der Waals surface area contributed by atoms with E-state index in [1.54, 1.807) is 6.07 Å². The zero-order valence-electron chi connectivity index (χ0n) is 11.7. The van der Waals surface area contributed by atoms with Crippen LogP contribution in [0.15, 0.2) is 24.4 Å². The highest BCUT2D eigenvalue weighted by Crippen LogP contribution is 2.49. The quantitative estimate of drug-likeness (QED) is 0.771. The minimum atomic E-state index is -4.90. The highest BCUT2D eigenvalue weighted by atomic mass is 35.5. The summed E-state index contributed by atoms with van der Waals surface area (Å²) in [6.07, 6.45) is -7.83. The van der Waals surface area contributed by atoms with Crippen LogP contribution in [0.5, 0.6) is 0 Å². The molecule has 1 N–H and O–H groups in total. The molecule has 1 atom stereocenters. The van der Waals surface area contributed by atoms with Crippen molar-refractivity contribution in [3.8, 4) is 11.8 Å². The topological polar surface area (TPSA) is 49.0 Å². The number of aliphatic hydroxyl groups is 1. The molecule has 24 heavy (non-hydrogen) atoms. The number of alkyl halides is 5. The Labute approximate surface area is 137 Å². The minimum absolute atomic E-state index is 0.00418. The maximum absolute atomic E-state index is 13.7. The highest BCUT2D eigenvalue weighted by molar-refractivity contribution is 6.31. The van der Waals surface area contributed by atoms with E-state index in [1.807, 2.05) is 0 Å². The summed E-state index contributed by atoms with van der Waals surface area (Å²) in [5, 5.41) is 18.7. The molecule has 1 aromatic carbocycles. The molecule has 1 aromatic heterocycles. The Morgan fingerprint density at radius 1 is 1.33 bits per heavy atom. The average Bonchev–Trinajstić information content (AvgIpc) is 2.95. The van der Waals surface area contributed by atoms with Crippen molar-refractivity contribution < 1.29 is 27.1 Å². The molecule has 1 heterocycles. The fraction of sp³-hybridized carbons (Fsp3) is 0.267. The molecule has 126 valence electrons. The van der Waals surface area contributed by atoms with Crippen molar-refractivity contribution in [2.24, 2.45) is 0 Å². The van der Waals surface area contributed by atoms with Crippen LogP contribution < -0.4 is 0 Å². The average molecular weight is 363 g/mol. The predicted octanol–water partition coefficient (Wildman–Crippen LogP) is 4.25. The van der Waals surface area contributed by atoms with Crippen molar-refractivity contribution in [1.82, 2.24) is 4.57 Å². The van der Waals surface area contributed by atoms with Gasteiger partial charge in [0.2, 0.25) is 0 Å². The van der Waals surface area contributed by atoms with Crippen LogP contribution in [0, 0.1) is 11.3 Å². The molecule has 0 fully saturated rings. The molecule has 1 aliphatic carbocycles. The first-order valence-electron chi connectivity index (χ1n) is 6.63. The van der Waals surface area contributed by atoms with Crippen molar-refractivity contribution in [2.45, 2.75) is 24.6 Å². The van der Waals surface area contributed by atoms with Crippen molar-refractivity contribution in [3.63, 3.8) is 0 Å². The Morgan fingerprint density at radius 3 is 2.58 bits per heavy atom. The van der Waals surface area contributed by atoms with E-state index >= 15 is 0 Å². The molecule has 0 aliphatic heterocycles. The predicted molar refractivity (Wildman–Crippen MR) is 74.1 cm³/mol. The van der Waals surface area contributed by atoms with E-state index in [1.165, 1.54) is 18.2 Å². The van der Waals surface area contributed by atoms with Gasteiger partial charge in [-0.3, -0.25) is 0 Å². The van der Waals surface area contributed by atoms with Gasteiger partial charge in [0.15, 0.2) is 0 Å². The minimum Gasteiger partial charge on any atom is -0.382 e. The maximum atomic E-state index is 13.7. The second-order valence-corrected chi connectivity index (χ2v) is 5.79. The summed E-state index contributed by atoms with van der Waals surface area (Å²) in [5.74, 6) is -3.70. The molecule has 0 bridgehead atoms. The number of halogens is 6. The lowest BCUT2D eigenvalue weighted by molar-refractivity contribution is -0.142. The van der Waals surface area contributed by atoms with Crippen molar-refractivity contribution >= 4 is 11.6 Å². The molecule has 1 unspecified atom stereocenters. The maximum Gasteiger partial charge on any atom is 0.418 e. The lowest BCUT2D eigenvalue weighted by atomic mass is 10.1. The fourth-order valence-electron chi connectivity index (χ4n) is 2.78.